The zero-order valence-electron chi connectivity index (χ0n) is 11.5. The van der Waals surface area contributed by atoms with E-state index in [0.29, 0.717) is 19.4 Å². The molecular formula is C14H17N3O3S. The molecule has 0 radical (unpaired) electrons. The first-order chi connectivity index (χ1) is 10.0. The van der Waals surface area contributed by atoms with E-state index >= 15 is 0 Å². The Hall–Kier alpha value is -1.89. The number of imidazole rings is 1. The summed E-state index contributed by atoms with van der Waals surface area (Å²) in [5.41, 5.74) is 1.78. The Morgan fingerprint density at radius 1 is 1.43 bits per heavy atom. The molecule has 0 spiro atoms. The summed E-state index contributed by atoms with van der Waals surface area (Å²) < 4.78 is 24.6. The molecule has 1 aliphatic heterocycles. The normalized spacial score (nSPS) is 20.7. The first-order valence-corrected chi connectivity index (χ1v) is 8.76. The van der Waals surface area contributed by atoms with Crippen LogP contribution in [0.1, 0.15) is 12.1 Å². The van der Waals surface area contributed by atoms with Gasteiger partial charge in [0.1, 0.15) is 5.65 Å². The van der Waals surface area contributed by atoms with Crippen LogP contribution in [0.4, 0.5) is 0 Å². The number of aromatic nitrogens is 2. The SMILES string of the molecule is O=C(NCCc1cn2ccccc2n1)[C@H]1CCS(=O)(=O)C1. The second-order valence-corrected chi connectivity index (χ2v) is 7.57. The Morgan fingerprint density at radius 3 is 3.00 bits per heavy atom. The summed E-state index contributed by atoms with van der Waals surface area (Å²) in [4.78, 5) is 16.3. The third-order valence-corrected chi connectivity index (χ3v) is 5.47. The molecule has 1 aliphatic rings. The summed E-state index contributed by atoms with van der Waals surface area (Å²) in [6.07, 6.45) is 4.92. The van der Waals surface area contributed by atoms with Crippen LogP contribution in [0.15, 0.2) is 30.6 Å². The van der Waals surface area contributed by atoms with E-state index in [0.717, 1.165) is 11.3 Å². The Kier molecular flexibility index (Phi) is 3.67. The molecule has 3 rings (SSSR count). The molecule has 21 heavy (non-hydrogen) atoms. The van der Waals surface area contributed by atoms with Crippen LogP contribution in [-0.2, 0) is 21.1 Å². The molecule has 0 bridgehead atoms. The highest BCUT2D eigenvalue weighted by atomic mass is 32.2. The lowest BCUT2D eigenvalue weighted by Crippen LogP contribution is -2.32. The molecule has 0 aromatic carbocycles. The van der Waals surface area contributed by atoms with E-state index in [9.17, 15) is 13.2 Å². The average molecular weight is 307 g/mol. The number of carbonyl (C=O) groups is 1. The lowest BCUT2D eigenvalue weighted by molar-refractivity contribution is -0.124. The van der Waals surface area contributed by atoms with Crippen LogP contribution in [0.5, 0.6) is 0 Å². The van der Waals surface area contributed by atoms with E-state index < -0.39 is 15.8 Å². The lowest BCUT2D eigenvalue weighted by atomic mass is 10.1. The monoisotopic (exact) mass is 307 g/mol. The number of hydrogen-bond acceptors (Lipinski definition) is 4. The minimum atomic E-state index is -3.01. The maximum Gasteiger partial charge on any atom is 0.224 e. The molecule has 6 nitrogen and oxygen atoms in total. The summed E-state index contributed by atoms with van der Waals surface area (Å²) in [6.45, 7) is 0.471. The number of amides is 1. The van der Waals surface area contributed by atoms with Crippen molar-refractivity contribution in [2.45, 2.75) is 12.8 Å². The third kappa shape index (κ3) is 3.24. The molecule has 7 heteroatoms. The van der Waals surface area contributed by atoms with Crippen LogP contribution in [0.3, 0.4) is 0 Å². The Bertz CT molecular complexity index is 734. The molecule has 1 amide bonds. The standard InChI is InChI=1S/C14H17N3O3S/c18-14(11-5-8-21(19,20)10-11)15-6-4-12-9-17-7-2-1-3-13(17)16-12/h1-3,7,9,11H,4-6,8,10H2,(H,15,18)/t11-/m0/s1. The Balaban J connectivity index is 1.53. The van der Waals surface area contributed by atoms with Gasteiger partial charge in [-0.25, -0.2) is 13.4 Å². The highest BCUT2D eigenvalue weighted by Gasteiger charge is 2.32. The van der Waals surface area contributed by atoms with Crippen LogP contribution in [0.25, 0.3) is 5.65 Å². The number of nitrogens with zero attached hydrogens (tertiary/aromatic N) is 2. The largest absolute Gasteiger partial charge is 0.355 e. The van der Waals surface area contributed by atoms with E-state index in [1.54, 1.807) is 0 Å². The molecule has 1 fully saturated rings. The maximum absolute atomic E-state index is 11.9. The minimum Gasteiger partial charge on any atom is -0.355 e. The first-order valence-electron chi connectivity index (χ1n) is 6.94. The van der Waals surface area contributed by atoms with Crippen LogP contribution in [0, 0.1) is 5.92 Å². The summed E-state index contributed by atoms with van der Waals surface area (Å²) in [7, 11) is -3.01. The molecule has 2 aromatic rings. The Morgan fingerprint density at radius 2 is 2.29 bits per heavy atom. The third-order valence-electron chi connectivity index (χ3n) is 3.70. The summed E-state index contributed by atoms with van der Waals surface area (Å²) >= 11 is 0. The van der Waals surface area contributed by atoms with E-state index in [1.165, 1.54) is 0 Å². The molecule has 1 saturated heterocycles. The topological polar surface area (TPSA) is 80.5 Å². The van der Waals surface area contributed by atoms with Crippen molar-refractivity contribution in [3.8, 4) is 0 Å². The van der Waals surface area contributed by atoms with E-state index in [2.05, 4.69) is 10.3 Å². The van der Waals surface area contributed by atoms with Crippen molar-refractivity contribution in [3.05, 3.63) is 36.3 Å². The summed E-state index contributed by atoms with van der Waals surface area (Å²) in [5, 5.41) is 2.80. The molecule has 112 valence electrons. The van der Waals surface area contributed by atoms with Gasteiger partial charge in [-0.1, -0.05) is 6.07 Å². The van der Waals surface area contributed by atoms with Crippen molar-refractivity contribution in [1.82, 2.24) is 14.7 Å². The van der Waals surface area contributed by atoms with Crippen molar-refractivity contribution < 1.29 is 13.2 Å². The fourth-order valence-electron chi connectivity index (χ4n) is 2.57. The number of hydrogen-bond donors (Lipinski definition) is 1. The van der Waals surface area contributed by atoms with Crippen molar-refractivity contribution in [2.24, 2.45) is 5.92 Å². The van der Waals surface area contributed by atoms with Gasteiger partial charge in [-0.05, 0) is 18.6 Å². The van der Waals surface area contributed by atoms with Gasteiger partial charge in [0.25, 0.3) is 0 Å². The average Bonchev–Trinajstić information content (AvgIpc) is 3.01. The quantitative estimate of drug-likeness (QED) is 0.888. The number of pyridine rings is 1. The van der Waals surface area contributed by atoms with Gasteiger partial charge in [-0.2, -0.15) is 0 Å². The summed E-state index contributed by atoms with van der Waals surface area (Å²) in [6, 6.07) is 5.78. The minimum absolute atomic E-state index is 0.0206. The number of carbonyl (C=O) groups excluding carboxylic acids is 1. The second-order valence-electron chi connectivity index (χ2n) is 5.34. The molecule has 1 atom stereocenters. The second kappa shape index (κ2) is 5.48. The van der Waals surface area contributed by atoms with Gasteiger partial charge in [-0.3, -0.25) is 4.79 Å². The zero-order chi connectivity index (χ0) is 14.9. The van der Waals surface area contributed by atoms with Crippen LogP contribution in [0.2, 0.25) is 0 Å². The first kappa shape index (κ1) is 14.1. The van der Waals surface area contributed by atoms with E-state index in [1.807, 2.05) is 35.0 Å². The van der Waals surface area contributed by atoms with Crippen LogP contribution in [-0.4, -0.2) is 41.8 Å². The molecule has 2 aromatic heterocycles. The molecule has 0 unspecified atom stereocenters. The highest BCUT2D eigenvalue weighted by Crippen LogP contribution is 2.18. The van der Waals surface area contributed by atoms with Gasteiger partial charge in [-0.15, -0.1) is 0 Å². The fourth-order valence-corrected chi connectivity index (χ4v) is 4.31. The van der Waals surface area contributed by atoms with Gasteiger partial charge in [0, 0.05) is 25.4 Å². The molecule has 0 aliphatic carbocycles. The molecular weight excluding hydrogens is 290 g/mol. The van der Waals surface area contributed by atoms with Gasteiger partial charge in [0.05, 0.1) is 23.1 Å². The van der Waals surface area contributed by atoms with E-state index in [-0.39, 0.29) is 17.4 Å². The number of sulfone groups is 1. The van der Waals surface area contributed by atoms with Gasteiger partial charge in [0.15, 0.2) is 9.84 Å². The fraction of sp³-hybridized carbons (Fsp3) is 0.429. The number of rotatable bonds is 4. The van der Waals surface area contributed by atoms with E-state index in [4.69, 9.17) is 0 Å². The predicted octanol–water partition coefficient (Wildman–Crippen LogP) is 0.428. The smallest absolute Gasteiger partial charge is 0.224 e. The maximum atomic E-state index is 11.9. The van der Waals surface area contributed by atoms with Gasteiger partial charge in [0.2, 0.25) is 5.91 Å². The predicted molar refractivity (Wildman–Crippen MR) is 78.7 cm³/mol. The van der Waals surface area contributed by atoms with Gasteiger partial charge < -0.3 is 9.72 Å². The lowest BCUT2D eigenvalue weighted by Gasteiger charge is -2.08. The van der Waals surface area contributed by atoms with Crippen LogP contribution < -0.4 is 5.32 Å². The molecule has 0 saturated carbocycles. The highest BCUT2D eigenvalue weighted by molar-refractivity contribution is 7.91. The van der Waals surface area contributed by atoms with Crippen molar-refractivity contribution in [3.63, 3.8) is 0 Å². The number of fused-ring (bicyclic) bond motifs is 1. The van der Waals surface area contributed by atoms with Crippen LogP contribution >= 0.6 is 0 Å². The van der Waals surface area contributed by atoms with Gasteiger partial charge >= 0.3 is 0 Å². The van der Waals surface area contributed by atoms with Crippen molar-refractivity contribution >= 4 is 21.4 Å². The van der Waals surface area contributed by atoms with Crippen molar-refractivity contribution in [1.29, 1.82) is 0 Å². The number of nitrogens with one attached hydrogen (secondary N) is 1. The molecule has 1 N–H and O–H groups in total. The van der Waals surface area contributed by atoms with Crippen molar-refractivity contribution in [2.75, 3.05) is 18.1 Å². The zero-order valence-corrected chi connectivity index (χ0v) is 12.3. The Labute approximate surface area is 123 Å². The summed E-state index contributed by atoms with van der Waals surface area (Å²) in [5.74, 6) is -0.457. The molecule has 3 heterocycles.